The summed E-state index contributed by atoms with van der Waals surface area (Å²) in [7, 11) is -1.26. The number of hydrogen-bond donors (Lipinski definition) is 1. The highest BCUT2D eigenvalue weighted by molar-refractivity contribution is 7.99. The summed E-state index contributed by atoms with van der Waals surface area (Å²) < 4.78 is 31.5. The van der Waals surface area contributed by atoms with Crippen molar-refractivity contribution in [2.24, 2.45) is 0 Å². The Morgan fingerprint density at radius 1 is 1.40 bits per heavy atom. The first kappa shape index (κ1) is 18.3. The number of rotatable bonds is 6. The van der Waals surface area contributed by atoms with Gasteiger partial charge in [0.05, 0.1) is 23.2 Å². The lowest BCUT2D eigenvalue weighted by atomic mass is 10.2. The lowest BCUT2D eigenvalue weighted by Gasteiger charge is -2.22. The van der Waals surface area contributed by atoms with Gasteiger partial charge in [-0.25, -0.2) is 13.4 Å². The summed E-state index contributed by atoms with van der Waals surface area (Å²) in [5, 5.41) is 0. The van der Waals surface area contributed by atoms with Crippen LogP contribution in [0.2, 0.25) is 0 Å². The molecule has 1 aliphatic rings. The Balaban J connectivity index is 1.85. The average Bonchev–Trinajstić information content (AvgIpc) is 3.17. The first-order valence-electron chi connectivity index (χ1n) is 8.15. The second-order valence-corrected chi connectivity index (χ2v) is 9.27. The standard InChI is InChI=1S/C17H23N3O3S2/c1-12-16(10-20(2)13-8-9-24-11-13)18-17(23-12)14-6-4-5-7-15(14)19-25(3,21)22/h4-7,13,19H,8-11H2,1-3H3. The number of aryl methyl sites for hydroxylation is 1. The van der Waals surface area contributed by atoms with E-state index in [9.17, 15) is 8.42 Å². The van der Waals surface area contributed by atoms with Crippen LogP contribution in [0, 0.1) is 6.92 Å². The molecule has 3 rings (SSSR count). The van der Waals surface area contributed by atoms with Crippen molar-refractivity contribution in [2.75, 3.05) is 29.5 Å². The molecule has 136 valence electrons. The summed E-state index contributed by atoms with van der Waals surface area (Å²) >= 11 is 1.98. The zero-order valence-corrected chi connectivity index (χ0v) is 16.3. The van der Waals surface area contributed by atoms with Crippen molar-refractivity contribution in [2.45, 2.75) is 25.9 Å². The summed E-state index contributed by atoms with van der Waals surface area (Å²) in [6.07, 6.45) is 2.33. The molecule has 0 radical (unpaired) electrons. The Morgan fingerprint density at radius 2 is 2.16 bits per heavy atom. The van der Waals surface area contributed by atoms with Crippen molar-refractivity contribution < 1.29 is 12.8 Å². The van der Waals surface area contributed by atoms with E-state index in [-0.39, 0.29) is 0 Å². The molecule has 2 heterocycles. The van der Waals surface area contributed by atoms with Crippen LogP contribution < -0.4 is 4.72 Å². The number of aromatic nitrogens is 1. The summed E-state index contributed by atoms with van der Waals surface area (Å²) in [5.74, 6) is 3.57. The van der Waals surface area contributed by atoms with E-state index in [0.717, 1.165) is 30.0 Å². The lowest BCUT2D eigenvalue weighted by Crippen LogP contribution is -2.31. The number of anilines is 1. The normalized spacial score (nSPS) is 18.0. The average molecular weight is 382 g/mol. The van der Waals surface area contributed by atoms with Crippen LogP contribution in [0.3, 0.4) is 0 Å². The molecule has 1 N–H and O–H groups in total. The van der Waals surface area contributed by atoms with Gasteiger partial charge in [-0.1, -0.05) is 12.1 Å². The molecule has 8 heteroatoms. The van der Waals surface area contributed by atoms with Gasteiger partial charge in [0.25, 0.3) is 0 Å². The molecule has 0 aliphatic carbocycles. The molecule has 1 atom stereocenters. The van der Waals surface area contributed by atoms with Gasteiger partial charge in [-0.2, -0.15) is 11.8 Å². The van der Waals surface area contributed by atoms with Gasteiger partial charge in [0.15, 0.2) is 0 Å². The molecule has 1 aliphatic heterocycles. The Kier molecular flexibility index (Phi) is 5.41. The zero-order chi connectivity index (χ0) is 18.0. The van der Waals surface area contributed by atoms with E-state index in [1.807, 2.05) is 24.8 Å². The fraction of sp³-hybridized carbons (Fsp3) is 0.471. The quantitative estimate of drug-likeness (QED) is 0.829. The smallest absolute Gasteiger partial charge is 0.229 e. The van der Waals surface area contributed by atoms with E-state index in [0.29, 0.717) is 23.2 Å². The third-order valence-corrected chi connectivity index (χ3v) is 6.01. The maximum absolute atomic E-state index is 11.6. The fourth-order valence-electron chi connectivity index (χ4n) is 2.88. The third-order valence-electron chi connectivity index (χ3n) is 4.27. The second-order valence-electron chi connectivity index (χ2n) is 6.37. The minimum absolute atomic E-state index is 0.438. The van der Waals surface area contributed by atoms with Crippen LogP contribution in [0.15, 0.2) is 28.7 Å². The van der Waals surface area contributed by atoms with Crippen LogP contribution in [0.5, 0.6) is 0 Å². The molecule has 2 aromatic rings. The predicted octanol–water partition coefficient (Wildman–Crippen LogP) is 2.96. The predicted molar refractivity (Wildman–Crippen MR) is 102 cm³/mol. The number of nitrogens with one attached hydrogen (secondary N) is 1. The molecule has 1 fully saturated rings. The van der Waals surface area contributed by atoms with Crippen molar-refractivity contribution in [3.8, 4) is 11.5 Å². The van der Waals surface area contributed by atoms with Crippen molar-refractivity contribution >= 4 is 27.5 Å². The Morgan fingerprint density at radius 3 is 2.84 bits per heavy atom. The number of thioether (sulfide) groups is 1. The second kappa shape index (κ2) is 7.39. The number of benzene rings is 1. The van der Waals surface area contributed by atoms with Crippen LogP contribution in [-0.4, -0.2) is 49.2 Å². The summed E-state index contributed by atoms with van der Waals surface area (Å²) in [6.45, 7) is 2.62. The van der Waals surface area contributed by atoms with E-state index >= 15 is 0 Å². The molecule has 6 nitrogen and oxygen atoms in total. The van der Waals surface area contributed by atoms with Gasteiger partial charge in [-0.05, 0) is 38.3 Å². The molecule has 0 amide bonds. The van der Waals surface area contributed by atoms with Crippen LogP contribution in [0.4, 0.5) is 5.69 Å². The molecule has 1 aromatic carbocycles. The van der Waals surface area contributed by atoms with Gasteiger partial charge in [0.2, 0.25) is 15.9 Å². The van der Waals surface area contributed by atoms with Crippen LogP contribution >= 0.6 is 11.8 Å². The highest BCUT2D eigenvalue weighted by Crippen LogP contribution is 2.30. The Hall–Kier alpha value is -1.51. The van der Waals surface area contributed by atoms with Crippen molar-refractivity contribution in [1.82, 2.24) is 9.88 Å². The number of oxazole rings is 1. The lowest BCUT2D eigenvalue weighted by molar-refractivity contribution is 0.250. The molecule has 1 saturated heterocycles. The molecule has 1 unspecified atom stereocenters. The van der Waals surface area contributed by atoms with E-state index in [1.54, 1.807) is 18.2 Å². The van der Waals surface area contributed by atoms with Crippen molar-refractivity contribution in [3.63, 3.8) is 0 Å². The van der Waals surface area contributed by atoms with Crippen LogP contribution in [0.1, 0.15) is 17.9 Å². The van der Waals surface area contributed by atoms with Crippen LogP contribution in [0.25, 0.3) is 11.5 Å². The SMILES string of the molecule is Cc1oc(-c2ccccc2NS(C)(=O)=O)nc1CN(C)C1CCSC1. The molecule has 1 aromatic heterocycles. The molecular weight excluding hydrogens is 358 g/mol. The van der Waals surface area contributed by atoms with E-state index in [2.05, 4.69) is 21.7 Å². The molecule has 0 saturated carbocycles. The zero-order valence-electron chi connectivity index (χ0n) is 14.7. The van der Waals surface area contributed by atoms with Gasteiger partial charge in [0.1, 0.15) is 5.76 Å². The highest BCUT2D eigenvalue weighted by Gasteiger charge is 2.23. The Labute approximate surface area is 153 Å². The molecule has 25 heavy (non-hydrogen) atoms. The monoisotopic (exact) mass is 381 g/mol. The maximum atomic E-state index is 11.6. The van der Waals surface area contributed by atoms with E-state index < -0.39 is 10.0 Å². The van der Waals surface area contributed by atoms with Gasteiger partial charge in [-0.15, -0.1) is 0 Å². The van der Waals surface area contributed by atoms with Crippen molar-refractivity contribution in [1.29, 1.82) is 0 Å². The first-order chi connectivity index (χ1) is 11.8. The largest absolute Gasteiger partial charge is 0.441 e. The topological polar surface area (TPSA) is 75.4 Å². The van der Waals surface area contributed by atoms with Gasteiger partial charge >= 0.3 is 0 Å². The number of nitrogens with zero attached hydrogens (tertiary/aromatic N) is 2. The number of sulfonamides is 1. The van der Waals surface area contributed by atoms with E-state index in [4.69, 9.17) is 4.42 Å². The molecule has 0 spiro atoms. The Bertz CT molecular complexity index is 843. The minimum Gasteiger partial charge on any atom is -0.441 e. The molecular formula is C17H23N3O3S2. The highest BCUT2D eigenvalue weighted by atomic mass is 32.2. The van der Waals surface area contributed by atoms with Gasteiger partial charge in [-0.3, -0.25) is 9.62 Å². The van der Waals surface area contributed by atoms with Crippen LogP contribution in [-0.2, 0) is 16.6 Å². The van der Waals surface area contributed by atoms with Gasteiger partial charge in [0, 0.05) is 18.3 Å². The molecule has 0 bridgehead atoms. The fourth-order valence-corrected chi connectivity index (χ4v) is 4.76. The van der Waals surface area contributed by atoms with Gasteiger partial charge < -0.3 is 4.42 Å². The van der Waals surface area contributed by atoms with E-state index in [1.165, 1.54) is 12.2 Å². The maximum Gasteiger partial charge on any atom is 0.229 e. The first-order valence-corrected chi connectivity index (χ1v) is 11.2. The number of hydrogen-bond acceptors (Lipinski definition) is 6. The number of para-hydroxylation sites is 1. The summed E-state index contributed by atoms with van der Waals surface area (Å²) in [5.41, 5.74) is 2.00. The minimum atomic E-state index is -3.37. The summed E-state index contributed by atoms with van der Waals surface area (Å²) in [6, 6.07) is 7.70. The van der Waals surface area contributed by atoms with Crippen molar-refractivity contribution in [3.05, 3.63) is 35.7 Å². The summed E-state index contributed by atoms with van der Waals surface area (Å²) in [4.78, 5) is 6.95. The third kappa shape index (κ3) is 4.56.